The molecule has 2 rings (SSSR count). The van der Waals surface area contributed by atoms with Crippen molar-refractivity contribution in [3.8, 4) is 17.2 Å². The highest BCUT2D eigenvalue weighted by Gasteiger charge is 2.16. The van der Waals surface area contributed by atoms with Gasteiger partial charge in [0.1, 0.15) is 17.2 Å². The molecule has 0 unspecified atom stereocenters. The number of nitro benzene ring substituents is 1. The minimum atomic E-state index is -0.784. The van der Waals surface area contributed by atoms with Gasteiger partial charge in [0.25, 0.3) is 11.6 Å². The van der Waals surface area contributed by atoms with Crippen LogP contribution in [0.5, 0.6) is 17.2 Å². The van der Waals surface area contributed by atoms with Gasteiger partial charge in [-0.3, -0.25) is 14.9 Å². The number of hydrazone groups is 1. The molecule has 2 aromatic rings. The second-order valence-electron chi connectivity index (χ2n) is 6.69. The number of phenolic OH excluding ortho intramolecular Hbond substituents is 1. The van der Waals surface area contributed by atoms with Crippen molar-refractivity contribution in [1.82, 2.24) is 5.43 Å². The Bertz CT molecular complexity index is 924. The van der Waals surface area contributed by atoms with E-state index in [2.05, 4.69) is 10.5 Å². The number of phenols is 1. The lowest BCUT2D eigenvalue weighted by molar-refractivity contribution is -0.384. The van der Waals surface area contributed by atoms with Crippen LogP contribution in [0.2, 0.25) is 0 Å². The fourth-order valence-corrected chi connectivity index (χ4v) is 2.36. The average molecular weight is 401 g/mol. The number of carbonyl (C=O) groups is 1. The van der Waals surface area contributed by atoms with Crippen molar-refractivity contribution in [2.75, 3.05) is 0 Å². The Morgan fingerprint density at radius 3 is 2.45 bits per heavy atom. The number of ether oxygens (including phenoxy) is 2. The number of rotatable bonds is 8. The Balaban J connectivity index is 2.19. The smallest absolute Gasteiger partial charge is 0.275 e. The molecule has 2 aromatic carbocycles. The van der Waals surface area contributed by atoms with Gasteiger partial charge in [0.05, 0.1) is 28.9 Å². The van der Waals surface area contributed by atoms with Crippen LogP contribution in [0.3, 0.4) is 0 Å². The summed E-state index contributed by atoms with van der Waals surface area (Å²) in [4.78, 5) is 22.4. The minimum absolute atomic E-state index is 0.00307. The van der Waals surface area contributed by atoms with Crippen molar-refractivity contribution >= 4 is 17.8 Å². The van der Waals surface area contributed by atoms with Crippen molar-refractivity contribution in [3.63, 3.8) is 0 Å². The fourth-order valence-electron chi connectivity index (χ4n) is 2.36. The standard InChI is InChI=1S/C20H23N3O6/c1-12(2)28-16-7-5-14(19(10-16)29-13(3)4)11-21-22-20(25)17-9-15(23(26)27)6-8-18(17)24/h5-13,24H,1-4H3,(H,22,25)/b21-11-. The molecule has 0 radical (unpaired) electrons. The van der Waals surface area contributed by atoms with E-state index in [0.29, 0.717) is 17.1 Å². The summed E-state index contributed by atoms with van der Waals surface area (Å²) in [6.45, 7) is 7.59. The molecule has 0 bridgehead atoms. The first-order chi connectivity index (χ1) is 13.7. The van der Waals surface area contributed by atoms with Gasteiger partial charge in [-0.1, -0.05) is 0 Å². The van der Waals surface area contributed by atoms with Crippen molar-refractivity contribution in [2.24, 2.45) is 5.10 Å². The zero-order valence-electron chi connectivity index (χ0n) is 16.6. The van der Waals surface area contributed by atoms with Gasteiger partial charge in [-0.15, -0.1) is 0 Å². The molecule has 0 atom stereocenters. The van der Waals surface area contributed by atoms with Crippen molar-refractivity contribution in [2.45, 2.75) is 39.9 Å². The lowest BCUT2D eigenvalue weighted by atomic mass is 10.1. The summed E-state index contributed by atoms with van der Waals surface area (Å²) in [5.74, 6) is -0.0106. The highest BCUT2D eigenvalue weighted by atomic mass is 16.6. The number of hydrogen-bond donors (Lipinski definition) is 2. The zero-order chi connectivity index (χ0) is 21.6. The van der Waals surface area contributed by atoms with Crippen LogP contribution in [0.1, 0.15) is 43.6 Å². The summed E-state index contributed by atoms with van der Waals surface area (Å²) < 4.78 is 11.4. The van der Waals surface area contributed by atoms with E-state index in [1.54, 1.807) is 18.2 Å². The topological polar surface area (TPSA) is 123 Å². The Hall–Kier alpha value is -3.62. The van der Waals surface area contributed by atoms with Crippen LogP contribution in [0.25, 0.3) is 0 Å². The summed E-state index contributed by atoms with van der Waals surface area (Å²) >= 11 is 0. The summed E-state index contributed by atoms with van der Waals surface area (Å²) in [5.41, 5.74) is 2.27. The third-order valence-electron chi connectivity index (χ3n) is 3.52. The number of non-ortho nitro benzene ring substituents is 1. The third-order valence-corrected chi connectivity index (χ3v) is 3.52. The van der Waals surface area contributed by atoms with Crippen molar-refractivity contribution < 1.29 is 24.3 Å². The number of amides is 1. The molecule has 0 fully saturated rings. The van der Waals surface area contributed by atoms with Crippen LogP contribution < -0.4 is 14.9 Å². The van der Waals surface area contributed by atoms with E-state index >= 15 is 0 Å². The Kier molecular flexibility index (Phi) is 7.13. The first-order valence-electron chi connectivity index (χ1n) is 8.95. The van der Waals surface area contributed by atoms with Gasteiger partial charge in [0, 0.05) is 23.8 Å². The Labute approximate surface area is 168 Å². The lowest BCUT2D eigenvalue weighted by Gasteiger charge is -2.15. The lowest BCUT2D eigenvalue weighted by Crippen LogP contribution is -2.18. The molecular formula is C20H23N3O6. The first kappa shape index (κ1) is 21.7. The Morgan fingerprint density at radius 1 is 1.14 bits per heavy atom. The molecule has 29 heavy (non-hydrogen) atoms. The normalized spacial score (nSPS) is 11.1. The highest BCUT2D eigenvalue weighted by molar-refractivity contribution is 5.98. The SMILES string of the molecule is CC(C)Oc1ccc(/C=N\NC(=O)c2cc([N+](=O)[O-])ccc2O)c(OC(C)C)c1. The van der Waals surface area contributed by atoms with Crippen LogP contribution in [0, 0.1) is 10.1 Å². The van der Waals surface area contributed by atoms with Crippen LogP contribution in [0.4, 0.5) is 5.69 Å². The van der Waals surface area contributed by atoms with Gasteiger partial charge in [0.2, 0.25) is 0 Å². The monoisotopic (exact) mass is 401 g/mol. The fraction of sp³-hybridized carbons (Fsp3) is 0.300. The molecule has 0 spiro atoms. The summed E-state index contributed by atoms with van der Waals surface area (Å²) in [5, 5.41) is 24.5. The summed E-state index contributed by atoms with van der Waals surface area (Å²) in [6, 6.07) is 8.38. The molecule has 0 aromatic heterocycles. The van der Waals surface area contributed by atoms with Crippen molar-refractivity contribution in [1.29, 1.82) is 0 Å². The van der Waals surface area contributed by atoms with E-state index in [1.165, 1.54) is 6.21 Å². The number of aromatic hydroxyl groups is 1. The maximum Gasteiger partial charge on any atom is 0.275 e. The molecule has 0 aliphatic carbocycles. The van der Waals surface area contributed by atoms with E-state index < -0.39 is 10.8 Å². The van der Waals surface area contributed by atoms with Crippen molar-refractivity contribution in [3.05, 3.63) is 57.6 Å². The van der Waals surface area contributed by atoms with E-state index in [9.17, 15) is 20.0 Å². The highest BCUT2D eigenvalue weighted by Crippen LogP contribution is 2.26. The van der Waals surface area contributed by atoms with Gasteiger partial charge in [-0.25, -0.2) is 5.43 Å². The maximum absolute atomic E-state index is 12.2. The third kappa shape index (κ3) is 6.20. The van der Waals surface area contributed by atoms with Gasteiger partial charge in [-0.05, 0) is 45.9 Å². The number of hydrogen-bond acceptors (Lipinski definition) is 7. The quantitative estimate of drug-likeness (QED) is 0.395. The molecule has 1 amide bonds. The molecule has 154 valence electrons. The summed E-state index contributed by atoms with van der Waals surface area (Å²) in [6.07, 6.45) is 1.29. The Morgan fingerprint density at radius 2 is 1.83 bits per heavy atom. The van der Waals surface area contributed by atoms with E-state index in [4.69, 9.17) is 9.47 Å². The van der Waals surface area contributed by atoms with Crippen LogP contribution >= 0.6 is 0 Å². The van der Waals surface area contributed by atoms with E-state index in [1.807, 2.05) is 27.7 Å². The average Bonchev–Trinajstić information content (AvgIpc) is 2.62. The van der Waals surface area contributed by atoms with E-state index in [-0.39, 0.29) is 29.2 Å². The number of nitrogens with zero attached hydrogens (tertiary/aromatic N) is 2. The largest absolute Gasteiger partial charge is 0.507 e. The van der Waals surface area contributed by atoms with Crippen LogP contribution in [0.15, 0.2) is 41.5 Å². The molecular weight excluding hydrogens is 378 g/mol. The molecule has 0 aliphatic rings. The second kappa shape index (κ2) is 9.54. The van der Waals surface area contributed by atoms with Crippen LogP contribution in [-0.2, 0) is 0 Å². The molecule has 9 nitrogen and oxygen atoms in total. The summed E-state index contributed by atoms with van der Waals surface area (Å²) in [7, 11) is 0. The van der Waals surface area contributed by atoms with Gasteiger partial charge in [0.15, 0.2) is 0 Å². The number of nitrogens with one attached hydrogen (secondary N) is 1. The minimum Gasteiger partial charge on any atom is -0.507 e. The molecule has 2 N–H and O–H groups in total. The molecule has 0 saturated heterocycles. The maximum atomic E-state index is 12.2. The first-order valence-corrected chi connectivity index (χ1v) is 8.95. The van der Waals surface area contributed by atoms with E-state index in [0.717, 1.165) is 18.2 Å². The zero-order valence-corrected chi connectivity index (χ0v) is 16.6. The molecule has 0 aliphatic heterocycles. The molecule has 0 heterocycles. The van der Waals surface area contributed by atoms with Gasteiger partial charge < -0.3 is 14.6 Å². The number of benzene rings is 2. The predicted octanol–water partition coefficient (Wildman–Crippen LogP) is 3.64. The molecule has 0 saturated carbocycles. The number of carbonyl (C=O) groups excluding carboxylic acids is 1. The van der Waals surface area contributed by atoms with Gasteiger partial charge in [-0.2, -0.15) is 5.10 Å². The molecule has 9 heteroatoms. The second-order valence-corrected chi connectivity index (χ2v) is 6.69. The number of nitro groups is 1. The van der Waals surface area contributed by atoms with Crippen LogP contribution in [-0.4, -0.2) is 34.4 Å². The predicted molar refractivity (Wildman–Crippen MR) is 108 cm³/mol. The van der Waals surface area contributed by atoms with Gasteiger partial charge >= 0.3 is 0 Å².